The zero-order valence-corrected chi connectivity index (χ0v) is 12.8. The smallest absolute Gasteiger partial charge is 0.168 e. The summed E-state index contributed by atoms with van der Waals surface area (Å²) in [5, 5.41) is 0. The topological polar surface area (TPSA) is 20.3 Å². The number of Topliss-reactive ketones (excluding diaryl/α,β-unsaturated/α-hetero) is 1. The van der Waals surface area contributed by atoms with Gasteiger partial charge in [-0.1, -0.05) is 48.5 Å². The highest BCUT2D eigenvalue weighted by Crippen LogP contribution is 2.38. The van der Waals surface area contributed by atoms with Crippen LogP contribution in [0.15, 0.2) is 60.7 Å². The van der Waals surface area contributed by atoms with E-state index in [2.05, 4.69) is 11.0 Å². The number of hydrogen-bond acceptors (Lipinski definition) is 2. The van der Waals surface area contributed by atoms with Crippen LogP contribution in [0.1, 0.15) is 11.1 Å². The molecular formula is C20H18FNO. The van der Waals surface area contributed by atoms with E-state index in [1.165, 1.54) is 12.1 Å². The first kappa shape index (κ1) is 14.3. The maximum absolute atomic E-state index is 13.0. The third-order valence-electron chi connectivity index (χ3n) is 4.83. The summed E-state index contributed by atoms with van der Waals surface area (Å²) in [5.74, 6) is 0.435. The molecule has 0 spiro atoms. The van der Waals surface area contributed by atoms with Crippen molar-refractivity contribution in [2.45, 2.75) is 6.54 Å². The van der Waals surface area contributed by atoms with Gasteiger partial charge in [-0.05, 0) is 23.3 Å². The number of halogens is 1. The molecule has 1 aliphatic heterocycles. The fraction of sp³-hybridized carbons (Fsp3) is 0.250. The lowest BCUT2D eigenvalue weighted by atomic mass is 9.97. The SMILES string of the molecule is O=C1C(c2ccccc2)=C[C@H]2CN(Cc3ccc(F)cc3)C[C@@H]12. The first-order valence-electron chi connectivity index (χ1n) is 7.99. The number of carbonyl (C=O) groups is 1. The Balaban J connectivity index is 1.48. The molecule has 0 aromatic heterocycles. The van der Waals surface area contributed by atoms with Crippen molar-refractivity contribution in [1.29, 1.82) is 0 Å². The molecule has 2 nitrogen and oxygen atoms in total. The zero-order chi connectivity index (χ0) is 15.8. The molecule has 2 aliphatic rings. The van der Waals surface area contributed by atoms with Crippen LogP contribution in [-0.4, -0.2) is 23.8 Å². The summed E-state index contributed by atoms with van der Waals surface area (Å²) >= 11 is 0. The number of hydrogen-bond donors (Lipinski definition) is 0. The molecule has 0 radical (unpaired) electrons. The highest BCUT2D eigenvalue weighted by Gasteiger charge is 2.42. The van der Waals surface area contributed by atoms with Crippen molar-refractivity contribution < 1.29 is 9.18 Å². The minimum absolute atomic E-state index is 0.0747. The highest BCUT2D eigenvalue weighted by molar-refractivity contribution is 6.24. The lowest BCUT2D eigenvalue weighted by Gasteiger charge is -2.16. The molecule has 2 atom stereocenters. The van der Waals surface area contributed by atoms with Gasteiger partial charge in [-0.3, -0.25) is 9.69 Å². The molecular weight excluding hydrogens is 289 g/mol. The lowest BCUT2D eigenvalue weighted by molar-refractivity contribution is -0.116. The summed E-state index contributed by atoms with van der Waals surface area (Å²) < 4.78 is 13.0. The molecule has 116 valence electrons. The number of fused-ring (bicyclic) bond motifs is 1. The Labute approximate surface area is 135 Å². The van der Waals surface area contributed by atoms with Gasteiger partial charge >= 0.3 is 0 Å². The van der Waals surface area contributed by atoms with Crippen LogP contribution in [0.3, 0.4) is 0 Å². The van der Waals surface area contributed by atoms with Crippen LogP contribution in [0.5, 0.6) is 0 Å². The predicted octanol–water partition coefficient (Wildman–Crippen LogP) is 3.54. The van der Waals surface area contributed by atoms with E-state index in [-0.39, 0.29) is 17.5 Å². The van der Waals surface area contributed by atoms with Crippen LogP contribution in [-0.2, 0) is 11.3 Å². The third-order valence-corrected chi connectivity index (χ3v) is 4.83. The summed E-state index contributed by atoms with van der Waals surface area (Å²) in [4.78, 5) is 15.0. The number of allylic oxidation sites excluding steroid dienone is 1. The molecule has 2 aromatic rings. The number of ketones is 1. The summed E-state index contributed by atoms with van der Waals surface area (Å²) in [6.07, 6.45) is 2.15. The second-order valence-corrected chi connectivity index (χ2v) is 6.40. The predicted molar refractivity (Wildman–Crippen MR) is 88.1 cm³/mol. The Morgan fingerprint density at radius 3 is 2.43 bits per heavy atom. The van der Waals surface area contributed by atoms with Crippen molar-refractivity contribution in [3.05, 3.63) is 77.6 Å². The van der Waals surface area contributed by atoms with Gasteiger partial charge < -0.3 is 0 Å². The lowest BCUT2D eigenvalue weighted by Crippen LogP contribution is -2.23. The summed E-state index contributed by atoms with van der Waals surface area (Å²) in [5.41, 5.74) is 2.99. The molecule has 23 heavy (non-hydrogen) atoms. The van der Waals surface area contributed by atoms with E-state index >= 15 is 0 Å². The van der Waals surface area contributed by atoms with Gasteiger partial charge in [-0.25, -0.2) is 4.39 Å². The molecule has 1 aliphatic carbocycles. The molecule has 0 unspecified atom stereocenters. The van der Waals surface area contributed by atoms with Gasteiger partial charge in [0.1, 0.15) is 5.82 Å². The second-order valence-electron chi connectivity index (χ2n) is 6.40. The van der Waals surface area contributed by atoms with Crippen LogP contribution < -0.4 is 0 Å². The monoisotopic (exact) mass is 307 g/mol. The minimum Gasteiger partial charge on any atom is -0.298 e. The van der Waals surface area contributed by atoms with Gasteiger partial charge in [0.2, 0.25) is 0 Å². The maximum Gasteiger partial charge on any atom is 0.168 e. The molecule has 1 saturated heterocycles. The van der Waals surface area contributed by atoms with Crippen molar-refractivity contribution in [3.63, 3.8) is 0 Å². The molecule has 0 bridgehead atoms. The fourth-order valence-corrected chi connectivity index (χ4v) is 3.69. The second kappa shape index (κ2) is 5.74. The van der Waals surface area contributed by atoms with E-state index in [1.54, 1.807) is 0 Å². The molecule has 0 saturated carbocycles. The van der Waals surface area contributed by atoms with Crippen molar-refractivity contribution >= 4 is 11.4 Å². The van der Waals surface area contributed by atoms with Crippen LogP contribution in [0, 0.1) is 17.7 Å². The first-order valence-corrected chi connectivity index (χ1v) is 7.99. The summed E-state index contributed by atoms with van der Waals surface area (Å²) in [6, 6.07) is 16.5. The van der Waals surface area contributed by atoms with E-state index in [4.69, 9.17) is 0 Å². The average molecular weight is 307 g/mol. The van der Waals surface area contributed by atoms with E-state index in [0.29, 0.717) is 5.92 Å². The minimum atomic E-state index is -0.211. The number of benzene rings is 2. The van der Waals surface area contributed by atoms with Crippen LogP contribution >= 0.6 is 0 Å². The van der Waals surface area contributed by atoms with Gasteiger partial charge in [0, 0.05) is 37.0 Å². The highest BCUT2D eigenvalue weighted by atomic mass is 19.1. The van der Waals surface area contributed by atoms with Gasteiger partial charge in [-0.15, -0.1) is 0 Å². The number of carbonyl (C=O) groups excluding carboxylic acids is 1. The van der Waals surface area contributed by atoms with Crippen LogP contribution in [0.2, 0.25) is 0 Å². The third kappa shape index (κ3) is 2.73. The van der Waals surface area contributed by atoms with Gasteiger partial charge in [0.15, 0.2) is 5.78 Å². The van der Waals surface area contributed by atoms with Gasteiger partial charge in [-0.2, -0.15) is 0 Å². The molecule has 2 aromatic carbocycles. The van der Waals surface area contributed by atoms with Gasteiger partial charge in [0.25, 0.3) is 0 Å². The Kier molecular flexibility index (Phi) is 3.58. The fourth-order valence-electron chi connectivity index (χ4n) is 3.69. The van der Waals surface area contributed by atoms with Crippen molar-refractivity contribution in [2.24, 2.45) is 11.8 Å². The molecule has 1 heterocycles. The zero-order valence-electron chi connectivity index (χ0n) is 12.8. The summed E-state index contributed by atoms with van der Waals surface area (Å²) in [6.45, 7) is 2.45. The van der Waals surface area contributed by atoms with Crippen molar-refractivity contribution in [3.8, 4) is 0 Å². The van der Waals surface area contributed by atoms with Crippen LogP contribution in [0.25, 0.3) is 5.57 Å². The molecule has 1 fully saturated rings. The number of nitrogens with zero attached hydrogens (tertiary/aromatic N) is 1. The molecule has 4 rings (SSSR count). The van der Waals surface area contributed by atoms with E-state index in [1.807, 2.05) is 42.5 Å². The quantitative estimate of drug-likeness (QED) is 0.864. The summed E-state index contributed by atoms with van der Waals surface area (Å²) in [7, 11) is 0. The Morgan fingerprint density at radius 2 is 1.74 bits per heavy atom. The van der Waals surface area contributed by atoms with E-state index in [0.717, 1.165) is 36.3 Å². The largest absolute Gasteiger partial charge is 0.298 e. The van der Waals surface area contributed by atoms with Gasteiger partial charge in [0.05, 0.1) is 0 Å². The van der Waals surface area contributed by atoms with Crippen LogP contribution in [0.4, 0.5) is 4.39 Å². The number of likely N-dealkylation sites (tertiary alicyclic amines) is 1. The average Bonchev–Trinajstić information content (AvgIpc) is 3.10. The van der Waals surface area contributed by atoms with Crippen molar-refractivity contribution in [2.75, 3.05) is 13.1 Å². The first-order chi connectivity index (χ1) is 11.2. The molecule has 0 amide bonds. The Bertz CT molecular complexity index is 751. The molecule has 3 heteroatoms. The Hall–Kier alpha value is -2.26. The standard InChI is InChI=1S/C20H18FNO/c21-17-8-6-14(7-9-17)11-22-12-16-10-18(20(23)19(16)13-22)15-4-2-1-3-5-15/h1-10,16,19H,11-13H2/t16-,19+/m0/s1. The normalized spacial score (nSPS) is 23.9. The Morgan fingerprint density at radius 1 is 1.00 bits per heavy atom. The van der Waals surface area contributed by atoms with E-state index in [9.17, 15) is 9.18 Å². The van der Waals surface area contributed by atoms with Crippen molar-refractivity contribution in [1.82, 2.24) is 4.90 Å². The molecule has 0 N–H and O–H groups in total. The van der Waals surface area contributed by atoms with E-state index < -0.39 is 0 Å². The number of rotatable bonds is 3. The maximum atomic E-state index is 13.0.